The van der Waals surface area contributed by atoms with Crippen molar-refractivity contribution in [3.63, 3.8) is 0 Å². The third-order valence-corrected chi connectivity index (χ3v) is 5.26. The molecule has 1 fully saturated rings. The summed E-state index contributed by atoms with van der Waals surface area (Å²) in [7, 11) is 0. The number of amides is 1. The monoisotopic (exact) mass is 439 g/mol. The molecule has 156 valence electrons. The quantitative estimate of drug-likeness (QED) is 0.676. The molecule has 0 radical (unpaired) electrons. The first-order valence-corrected chi connectivity index (χ1v) is 9.17. The summed E-state index contributed by atoms with van der Waals surface area (Å²) in [6.45, 7) is 4.02. The zero-order chi connectivity index (χ0) is 19.0. The number of piperidine rings is 1. The van der Waals surface area contributed by atoms with Gasteiger partial charge in [0.05, 0.1) is 16.9 Å². The molecule has 1 aliphatic heterocycles. The SMILES string of the molecule is Cc1nn(-c2ccc(F)cc2)c2ncc(C(=O)N3CCC(CN)CC3)cc12.Cl.Cl. The molecule has 0 spiro atoms. The molecule has 0 unspecified atom stereocenters. The van der Waals surface area contributed by atoms with Crippen LogP contribution in [0.5, 0.6) is 0 Å². The Morgan fingerprint density at radius 3 is 2.48 bits per heavy atom. The first-order valence-electron chi connectivity index (χ1n) is 9.17. The molecule has 4 rings (SSSR count). The number of benzene rings is 1. The lowest BCUT2D eigenvalue weighted by atomic mass is 9.96. The Labute approximate surface area is 181 Å². The smallest absolute Gasteiger partial charge is 0.255 e. The summed E-state index contributed by atoms with van der Waals surface area (Å²) in [5, 5.41) is 5.34. The Bertz CT molecular complexity index is 984. The molecular formula is C20H24Cl2FN5O. The van der Waals surface area contributed by atoms with Gasteiger partial charge in [-0.3, -0.25) is 4.79 Å². The Morgan fingerprint density at radius 1 is 1.21 bits per heavy atom. The third kappa shape index (κ3) is 4.52. The van der Waals surface area contributed by atoms with Crippen molar-refractivity contribution in [2.75, 3.05) is 19.6 Å². The number of pyridine rings is 1. The summed E-state index contributed by atoms with van der Waals surface area (Å²) < 4.78 is 14.9. The van der Waals surface area contributed by atoms with Gasteiger partial charge in [0.15, 0.2) is 5.65 Å². The second-order valence-corrected chi connectivity index (χ2v) is 7.04. The highest BCUT2D eigenvalue weighted by Crippen LogP contribution is 2.23. The van der Waals surface area contributed by atoms with Crippen LogP contribution < -0.4 is 5.73 Å². The van der Waals surface area contributed by atoms with E-state index in [0.717, 1.165) is 42.7 Å². The largest absolute Gasteiger partial charge is 0.339 e. The van der Waals surface area contributed by atoms with E-state index < -0.39 is 0 Å². The summed E-state index contributed by atoms with van der Waals surface area (Å²) in [5.41, 5.74) is 8.45. The lowest BCUT2D eigenvalue weighted by molar-refractivity contribution is 0.0693. The molecule has 3 aromatic rings. The van der Waals surface area contributed by atoms with Crippen LogP contribution in [0.4, 0.5) is 4.39 Å². The number of rotatable bonds is 3. The number of aromatic nitrogens is 3. The van der Waals surface area contributed by atoms with Gasteiger partial charge in [0.2, 0.25) is 0 Å². The van der Waals surface area contributed by atoms with Crippen molar-refractivity contribution in [2.45, 2.75) is 19.8 Å². The molecule has 0 saturated carbocycles. The fourth-order valence-electron chi connectivity index (χ4n) is 3.58. The van der Waals surface area contributed by atoms with E-state index in [9.17, 15) is 9.18 Å². The van der Waals surface area contributed by atoms with Crippen molar-refractivity contribution in [1.82, 2.24) is 19.7 Å². The second kappa shape index (κ2) is 9.52. The average Bonchev–Trinajstić information content (AvgIpc) is 3.04. The number of aryl methyl sites for hydroxylation is 1. The lowest BCUT2D eigenvalue weighted by Gasteiger charge is -2.31. The Hall–Kier alpha value is -2.22. The third-order valence-electron chi connectivity index (χ3n) is 5.26. The molecule has 1 aromatic carbocycles. The second-order valence-electron chi connectivity index (χ2n) is 7.04. The number of carbonyl (C=O) groups excluding carboxylic acids is 1. The van der Waals surface area contributed by atoms with Crippen molar-refractivity contribution >= 4 is 41.8 Å². The van der Waals surface area contributed by atoms with Crippen LogP contribution in [0.3, 0.4) is 0 Å². The van der Waals surface area contributed by atoms with E-state index in [1.54, 1.807) is 23.0 Å². The normalized spacial score (nSPS) is 14.4. The molecule has 2 N–H and O–H groups in total. The van der Waals surface area contributed by atoms with Crippen LogP contribution in [-0.4, -0.2) is 45.2 Å². The van der Waals surface area contributed by atoms with Crippen molar-refractivity contribution in [2.24, 2.45) is 11.7 Å². The minimum absolute atomic E-state index is 0. The number of hydrogen-bond donors (Lipinski definition) is 1. The summed E-state index contributed by atoms with van der Waals surface area (Å²) >= 11 is 0. The minimum atomic E-state index is -0.300. The fourth-order valence-corrected chi connectivity index (χ4v) is 3.58. The highest BCUT2D eigenvalue weighted by atomic mass is 35.5. The summed E-state index contributed by atoms with van der Waals surface area (Å²) in [5.74, 6) is 0.200. The number of likely N-dealkylation sites (tertiary alicyclic amines) is 1. The van der Waals surface area contributed by atoms with E-state index >= 15 is 0 Å². The van der Waals surface area contributed by atoms with Crippen LogP contribution in [0.25, 0.3) is 16.7 Å². The molecule has 0 aliphatic carbocycles. The Balaban J connectivity index is 0.00000150. The van der Waals surface area contributed by atoms with Crippen LogP contribution in [-0.2, 0) is 0 Å². The number of halogens is 3. The summed E-state index contributed by atoms with van der Waals surface area (Å²) in [4.78, 5) is 19.2. The first kappa shape index (κ1) is 23.1. The van der Waals surface area contributed by atoms with E-state index in [1.165, 1.54) is 12.1 Å². The fraction of sp³-hybridized carbons (Fsp3) is 0.350. The number of hydrogen-bond acceptors (Lipinski definition) is 4. The summed E-state index contributed by atoms with van der Waals surface area (Å²) in [6.07, 6.45) is 3.49. The van der Waals surface area contributed by atoms with Crippen molar-refractivity contribution in [1.29, 1.82) is 0 Å². The van der Waals surface area contributed by atoms with Crippen molar-refractivity contribution in [3.05, 3.63) is 53.6 Å². The van der Waals surface area contributed by atoms with E-state index in [-0.39, 0.29) is 36.5 Å². The predicted octanol–water partition coefficient (Wildman–Crippen LogP) is 3.52. The molecule has 0 bridgehead atoms. The van der Waals surface area contributed by atoms with Crippen LogP contribution in [0.2, 0.25) is 0 Å². The van der Waals surface area contributed by atoms with Crippen LogP contribution in [0.1, 0.15) is 28.9 Å². The standard InChI is InChI=1S/C20H22FN5O.2ClH/c1-13-18-10-15(20(27)25-8-6-14(11-22)7-9-25)12-23-19(18)26(24-13)17-4-2-16(21)3-5-17;;/h2-5,10,12,14H,6-9,11,22H2,1H3;2*1H. The van der Waals surface area contributed by atoms with Gasteiger partial charge in [-0.2, -0.15) is 5.10 Å². The average molecular weight is 440 g/mol. The molecule has 3 heterocycles. The summed E-state index contributed by atoms with van der Waals surface area (Å²) in [6, 6.07) is 7.94. The highest BCUT2D eigenvalue weighted by Gasteiger charge is 2.24. The molecule has 0 atom stereocenters. The minimum Gasteiger partial charge on any atom is -0.339 e. The molecule has 29 heavy (non-hydrogen) atoms. The molecule has 9 heteroatoms. The van der Waals surface area contributed by atoms with Gasteiger partial charge >= 0.3 is 0 Å². The van der Waals surface area contributed by atoms with Crippen LogP contribution >= 0.6 is 24.8 Å². The van der Waals surface area contributed by atoms with Gasteiger partial charge in [0, 0.05) is 24.7 Å². The molecular weight excluding hydrogens is 416 g/mol. The van der Waals surface area contributed by atoms with E-state index in [0.29, 0.717) is 23.7 Å². The van der Waals surface area contributed by atoms with E-state index in [1.807, 2.05) is 17.9 Å². The van der Waals surface area contributed by atoms with Gasteiger partial charge in [-0.1, -0.05) is 0 Å². The van der Waals surface area contributed by atoms with Gasteiger partial charge in [0.1, 0.15) is 5.82 Å². The molecule has 1 amide bonds. The maximum Gasteiger partial charge on any atom is 0.255 e. The maximum absolute atomic E-state index is 13.2. The van der Waals surface area contributed by atoms with E-state index in [4.69, 9.17) is 5.73 Å². The number of nitrogens with two attached hydrogens (primary N) is 1. The van der Waals surface area contributed by atoms with Crippen LogP contribution in [0, 0.1) is 18.7 Å². The van der Waals surface area contributed by atoms with Gasteiger partial charge in [-0.15, -0.1) is 24.8 Å². The topological polar surface area (TPSA) is 77.0 Å². The van der Waals surface area contributed by atoms with Gasteiger partial charge in [-0.05, 0) is 62.6 Å². The van der Waals surface area contributed by atoms with Gasteiger partial charge in [-0.25, -0.2) is 14.1 Å². The Morgan fingerprint density at radius 2 is 1.86 bits per heavy atom. The zero-order valence-electron chi connectivity index (χ0n) is 16.0. The molecule has 1 saturated heterocycles. The molecule has 1 aliphatic rings. The molecule has 2 aromatic heterocycles. The Kier molecular flexibility index (Phi) is 7.57. The number of nitrogens with zero attached hydrogens (tertiary/aromatic N) is 4. The zero-order valence-corrected chi connectivity index (χ0v) is 17.7. The number of fused-ring (bicyclic) bond motifs is 1. The van der Waals surface area contributed by atoms with Gasteiger partial charge in [0.25, 0.3) is 5.91 Å². The first-order chi connectivity index (χ1) is 13.1. The number of carbonyl (C=O) groups is 1. The molecule has 6 nitrogen and oxygen atoms in total. The predicted molar refractivity (Wildman–Crippen MR) is 116 cm³/mol. The van der Waals surface area contributed by atoms with Gasteiger partial charge < -0.3 is 10.6 Å². The van der Waals surface area contributed by atoms with E-state index in [2.05, 4.69) is 10.1 Å². The highest BCUT2D eigenvalue weighted by molar-refractivity contribution is 5.97. The lowest BCUT2D eigenvalue weighted by Crippen LogP contribution is -2.40. The van der Waals surface area contributed by atoms with Crippen molar-refractivity contribution in [3.8, 4) is 5.69 Å². The van der Waals surface area contributed by atoms with Crippen molar-refractivity contribution < 1.29 is 9.18 Å². The maximum atomic E-state index is 13.2. The van der Waals surface area contributed by atoms with Crippen LogP contribution in [0.15, 0.2) is 36.5 Å².